The van der Waals surface area contributed by atoms with Gasteiger partial charge in [-0.25, -0.2) is 4.79 Å². The monoisotopic (exact) mass is 344 g/mol. The minimum Gasteiger partial charge on any atom is -0.508 e. The predicted molar refractivity (Wildman–Crippen MR) is 86.4 cm³/mol. The second kappa shape index (κ2) is 6.35. The largest absolute Gasteiger partial charge is 0.508 e. The number of hydrogen-bond acceptors (Lipinski definition) is 7. The molecule has 7 nitrogen and oxygen atoms in total. The number of benzene rings is 2. The van der Waals surface area contributed by atoms with Crippen molar-refractivity contribution in [3.8, 4) is 23.0 Å². The average molecular weight is 344 g/mol. The Hall–Kier alpha value is -3.22. The van der Waals surface area contributed by atoms with Crippen LogP contribution in [-0.2, 0) is 4.74 Å². The van der Waals surface area contributed by atoms with E-state index in [0.717, 1.165) is 6.07 Å². The van der Waals surface area contributed by atoms with E-state index in [-0.39, 0.29) is 34.8 Å². The summed E-state index contributed by atoms with van der Waals surface area (Å²) in [5.41, 5.74) is 0.798. The highest BCUT2D eigenvalue weighted by atomic mass is 16.6. The van der Waals surface area contributed by atoms with Gasteiger partial charge < -0.3 is 24.4 Å². The van der Waals surface area contributed by atoms with Gasteiger partial charge in [0.15, 0.2) is 17.3 Å². The SMILES string of the molecule is COc1ccc2c(c1OC)C(=O)O[C@H]2CC(=O)c1ccc(O)cc1O. The van der Waals surface area contributed by atoms with Gasteiger partial charge in [-0.2, -0.15) is 0 Å². The number of rotatable bonds is 5. The standard InChI is InChI=1S/C18H16O7/c1-23-14-6-5-11-15(25-18(22)16(11)17(14)24-2)8-13(21)10-4-3-9(19)7-12(10)20/h3-7,15,19-20H,8H2,1-2H3/t15-/m0/s1. The number of ether oxygens (including phenoxy) is 3. The second-order valence-electron chi connectivity index (χ2n) is 5.49. The minimum atomic E-state index is -0.789. The molecule has 1 atom stereocenters. The number of carbonyl (C=O) groups excluding carboxylic acids is 2. The molecule has 0 spiro atoms. The number of methoxy groups -OCH3 is 2. The summed E-state index contributed by atoms with van der Waals surface area (Å²) in [7, 11) is 2.87. The minimum absolute atomic E-state index is 0.0442. The van der Waals surface area contributed by atoms with Crippen molar-refractivity contribution in [3.05, 3.63) is 47.0 Å². The number of cyclic esters (lactones) is 1. The zero-order valence-corrected chi connectivity index (χ0v) is 13.6. The van der Waals surface area contributed by atoms with Crippen molar-refractivity contribution in [3.63, 3.8) is 0 Å². The smallest absolute Gasteiger partial charge is 0.343 e. The number of aromatic hydroxyl groups is 2. The zero-order chi connectivity index (χ0) is 18.1. The molecule has 3 rings (SSSR count). The van der Waals surface area contributed by atoms with Gasteiger partial charge in [0.2, 0.25) is 0 Å². The lowest BCUT2D eigenvalue weighted by molar-refractivity contribution is 0.0365. The maximum absolute atomic E-state index is 12.4. The summed E-state index contributed by atoms with van der Waals surface area (Å²) in [6.07, 6.45) is -0.935. The number of ketones is 1. The highest BCUT2D eigenvalue weighted by Gasteiger charge is 2.37. The van der Waals surface area contributed by atoms with Gasteiger partial charge in [-0.1, -0.05) is 6.07 Å². The number of phenols is 2. The van der Waals surface area contributed by atoms with E-state index in [0.29, 0.717) is 11.3 Å². The molecular formula is C18H16O7. The number of phenolic OH excluding ortho intramolecular Hbond substituents is 2. The zero-order valence-electron chi connectivity index (χ0n) is 13.6. The van der Waals surface area contributed by atoms with Crippen LogP contribution in [0.4, 0.5) is 0 Å². The molecule has 0 bridgehead atoms. The molecule has 25 heavy (non-hydrogen) atoms. The summed E-state index contributed by atoms with van der Waals surface area (Å²) < 4.78 is 15.7. The Bertz CT molecular complexity index is 857. The lowest BCUT2D eigenvalue weighted by Crippen LogP contribution is -2.08. The van der Waals surface area contributed by atoms with Crippen LogP contribution in [-0.4, -0.2) is 36.2 Å². The van der Waals surface area contributed by atoms with E-state index in [4.69, 9.17) is 14.2 Å². The topological polar surface area (TPSA) is 102 Å². The first-order valence-corrected chi connectivity index (χ1v) is 7.47. The van der Waals surface area contributed by atoms with Crippen molar-refractivity contribution >= 4 is 11.8 Å². The normalized spacial score (nSPS) is 15.4. The number of Topliss-reactive ketones (excluding diaryl/α,β-unsaturated/α-hetero) is 1. The Labute approximate surface area is 143 Å². The fourth-order valence-corrected chi connectivity index (χ4v) is 2.86. The molecule has 2 N–H and O–H groups in total. The van der Waals surface area contributed by atoms with Crippen LogP contribution in [0, 0.1) is 0 Å². The maximum Gasteiger partial charge on any atom is 0.343 e. The quantitative estimate of drug-likeness (QED) is 0.635. The van der Waals surface area contributed by atoms with Gasteiger partial charge in [-0.15, -0.1) is 0 Å². The van der Waals surface area contributed by atoms with Crippen LogP contribution in [0.3, 0.4) is 0 Å². The van der Waals surface area contributed by atoms with Gasteiger partial charge in [0.25, 0.3) is 0 Å². The third-order valence-electron chi connectivity index (χ3n) is 4.03. The molecule has 2 aromatic carbocycles. The summed E-state index contributed by atoms with van der Waals surface area (Å²) in [6.45, 7) is 0. The van der Waals surface area contributed by atoms with Crippen molar-refractivity contribution < 1.29 is 34.0 Å². The summed E-state index contributed by atoms with van der Waals surface area (Å²) in [5.74, 6) is -0.851. The van der Waals surface area contributed by atoms with Crippen LogP contribution in [0.2, 0.25) is 0 Å². The number of fused-ring (bicyclic) bond motifs is 1. The highest BCUT2D eigenvalue weighted by molar-refractivity contribution is 6.02. The summed E-state index contributed by atoms with van der Waals surface area (Å²) in [5, 5.41) is 19.1. The van der Waals surface area contributed by atoms with E-state index in [9.17, 15) is 19.8 Å². The molecule has 7 heteroatoms. The predicted octanol–water partition coefficient (Wildman–Crippen LogP) is 2.60. The Kier molecular flexibility index (Phi) is 4.22. The molecule has 0 aromatic heterocycles. The molecule has 130 valence electrons. The van der Waals surface area contributed by atoms with Gasteiger partial charge >= 0.3 is 5.97 Å². The van der Waals surface area contributed by atoms with Gasteiger partial charge in [-0.05, 0) is 18.2 Å². The summed E-state index contributed by atoms with van der Waals surface area (Å²) in [4.78, 5) is 24.6. The lowest BCUT2D eigenvalue weighted by Gasteiger charge is -2.12. The maximum atomic E-state index is 12.4. The van der Waals surface area contributed by atoms with E-state index in [1.807, 2.05) is 0 Å². The van der Waals surface area contributed by atoms with Gasteiger partial charge in [0.05, 0.1) is 26.2 Å². The lowest BCUT2D eigenvalue weighted by atomic mass is 9.97. The van der Waals surface area contributed by atoms with E-state index in [1.54, 1.807) is 12.1 Å². The highest BCUT2D eigenvalue weighted by Crippen LogP contribution is 2.43. The molecule has 1 aliphatic rings. The fourth-order valence-electron chi connectivity index (χ4n) is 2.86. The molecule has 0 saturated carbocycles. The van der Waals surface area contributed by atoms with Crippen LogP contribution < -0.4 is 9.47 Å². The van der Waals surface area contributed by atoms with Crippen molar-refractivity contribution in [1.82, 2.24) is 0 Å². The Morgan fingerprint density at radius 1 is 1.16 bits per heavy atom. The number of hydrogen-bond donors (Lipinski definition) is 2. The van der Waals surface area contributed by atoms with Gasteiger partial charge in [0, 0.05) is 11.6 Å². The molecule has 0 radical (unpaired) electrons. The first-order chi connectivity index (χ1) is 12.0. The third kappa shape index (κ3) is 2.84. The second-order valence-corrected chi connectivity index (χ2v) is 5.49. The molecule has 0 unspecified atom stereocenters. The molecule has 0 amide bonds. The molecular weight excluding hydrogens is 328 g/mol. The van der Waals surface area contributed by atoms with Crippen molar-refractivity contribution in [2.75, 3.05) is 14.2 Å². The van der Waals surface area contributed by atoms with E-state index < -0.39 is 17.9 Å². The molecule has 1 heterocycles. The summed E-state index contributed by atoms with van der Waals surface area (Å²) in [6, 6.07) is 6.98. The van der Waals surface area contributed by atoms with E-state index in [1.165, 1.54) is 26.4 Å². The fraction of sp³-hybridized carbons (Fsp3) is 0.222. The number of carbonyl (C=O) groups is 2. The van der Waals surface area contributed by atoms with E-state index in [2.05, 4.69) is 0 Å². The molecule has 0 aliphatic carbocycles. The van der Waals surface area contributed by atoms with Crippen LogP contribution in [0.15, 0.2) is 30.3 Å². The van der Waals surface area contributed by atoms with Crippen molar-refractivity contribution in [2.24, 2.45) is 0 Å². The molecule has 0 saturated heterocycles. The van der Waals surface area contributed by atoms with Gasteiger partial charge in [0.1, 0.15) is 23.2 Å². The molecule has 2 aromatic rings. The Morgan fingerprint density at radius 3 is 2.56 bits per heavy atom. The number of esters is 1. The van der Waals surface area contributed by atoms with Crippen LogP contribution in [0.5, 0.6) is 23.0 Å². The first-order valence-electron chi connectivity index (χ1n) is 7.47. The van der Waals surface area contributed by atoms with Gasteiger partial charge in [-0.3, -0.25) is 4.79 Å². The Morgan fingerprint density at radius 2 is 1.92 bits per heavy atom. The molecule has 1 aliphatic heterocycles. The van der Waals surface area contributed by atoms with Crippen molar-refractivity contribution in [2.45, 2.75) is 12.5 Å². The van der Waals surface area contributed by atoms with E-state index >= 15 is 0 Å². The van der Waals surface area contributed by atoms with Crippen LogP contribution in [0.25, 0.3) is 0 Å². The van der Waals surface area contributed by atoms with Crippen molar-refractivity contribution in [1.29, 1.82) is 0 Å². The first kappa shape index (κ1) is 16.6. The summed E-state index contributed by atoms with van der Waals surface area (Å²) >= 11 is 0. The van der Waals surface area contributed by atoms with Crippen LogP contribution in [0.1, 0.15) is 38.8 Å². The van der Waals surface area contributed by atoms with Crippen LogP contribution >= 0.6 is 0 Å². The average Bonchev–Trinajstić information content (AvgIpc) is 2.89. The Balaban J connectivity index is 1.92. The molecule has 0 fully saturated rings. The third-order valence-corrected chi connectivity index (χ3v) is 4.03.